The second-order valence-electron chi connectivity index (χ2n) is 5.80. The van der Waals surface area contributed by atoms with Crippen LogP contribution in [-0.2, 0) is 12.8 Å². The van der Waals surface area contributed by atoms with E-state index in [0.717, 1.165) is 37.0 Å². The molecule has 1 aromatic heterocycles. The van der Waals surface area contributed by atoms with Gasteiger partial charge in [-0.1, -0.05) is 36.4 Å². The highest BCUT2D eigenvalue weighted by molar-refractivity contribution is 5.74. The Morgan fingerprint density at radius 2 is 1.78 bits per heavy atom. The molecule has 3 aromatic rings. The fourth-order valence-electron chi connectivity index (χ4n) is 2.72. The highest BCUT2D eigenvalue weighted by atomic mass is 16.4. The first-order chi connectivity index (χ1) is 11.3. The first-order valence-corrected chi connectivity index (χ1v) is 8.21. The number of rotatable bonds is 8. The van der Waals surface area contributed by atoms with Crippen LogP contribution in [0, 0.1) is 0 Å². The predicted octanol–water partition coefficient (Wildman–Crippen LogP) is 3.57. The standard InChI is InChI=1S/C19H23N3O/c20-19-22-17-10-9-16(14-18(17)23-19)11-13-21-12-5-4-8-15-6-2-1-3-7-15/h1-3,6-7,9-10,14,21H,4-5,8,11-13H2,(H2,20,22). The van der Waals surface area contributed by atoms with Crippen LogP contribution in [0.25, 0.3) is 11.1 Å². The van der Waals surface area contributed by atoms with Crippen molar-refractivity contribution in [3.63, 3.8) is 0 Å². The van der Waals surface area contributed by atoms with Crippen molar-refractivity contribution in [2.24, 2.45) is 0 Å². The third-order valence-electron chi connectivity index (χ3n) is 3.97. The molecule has 0 aliphatic heterocycles. The molecule has 0 spiro atoms. The van der Waals surface area contributed by atoms with Crippen LogP contribution >= 0.6 is 0 Å². The highest BCUT2D eigenvalue weighted by Crippen LogP contribution is 2.18. The number of nitrogen functional groups attached to an aromatic ring is 1. The number of benzene rings is 2. The van der Waals surface area contributed by atoms with Gasteiger partial charge in [0.25, 0.3) is 6.01 Å². The van der Waals surface area contributed by atoms with Gasteiger partial charge in [0, 0.05) is 0 Å². The molecule has 0 amide bonds. The van der Waals surface area contributed by atoms with Crippen molar-refractivity contribution < 1.29 is 4.42 Å². The van der Waals surface area contributed by atoms with E-state index in [2.05, 4.69) is 46.7 Å². The summed E-state index contributed by atoms with van der Waals surface area (Å²) in [7, 11) is 0. The molecule has 0 unspecified atom stereocenters. The Morgan fingerprint density at radius 3 is 2.65 bits per heavy atom. The maximum atomic E-state index is 5.56. The minimum Gasteiger partial charge on any atom is -0.424 e. The number of nitrogens with one attached hydrogen (secondary N) is 1. The van der Waals surface area contributed by atoms with Gasteiger partial charge in [0.2, 0.25) is 0 Å². The van der Waals surface area contributed by atoms with Crippen LogP contribution in [-0.4, -0.2) is 18.1 Å². The van der Waals surface area contributed by atoms with Gasteiger partial charge in [-0.05, 0) is 62.0 Å². The van der Waals surface area contributed by atoms with E-state index in [4.69, 9.17) is 10.2 Å². The highest BCUT2D eigenvalue weighted by Gasteiger charge is 2.03. The lowest BCUT2D eigenvalue weighted by atomic mass is 10.1. The molecule has 0 saturated carbocycles. The molecule has 4 nitrogen and oxygen atoms in total. The molecule has 4 heteroatoms. The summed E-state index contributed by atoms with van der Waals surface area (Å²) in [5.74, 6) is 0. The van der Waals surface area contributed by atoms with Gasteiger partial charge >= 0.3 is 0 Å². The summed E-state index contributed by atoms with van der Waals surface area (Å²) in [5, 5.41) is 3.50. The minimum atomic E-state index is 0.230. The SMILES string of the molecule is Nc1nc2ccc(CCNCCCCc3ccccc3)cc2o1. The Morgan fingerprint density at radius 1 is 0.913 bits per heavy atom. The van der Waals surface area contributed by atoms with Crippen molar-refractivity contribution in [1.29, 1.82) is 0 Å². The molecule has 0 aliphatic carbocycles. The zero-order valence-electron chi connectivity index (χ0n) is 13.3. The van der Waals surface area contributed by atoms with Crippen LogP contribution < -0.4 is 11.1 Å². The van der Waals surface area contributed by atoms with E-state index in [1.165, 1.54) is 24.0 Å². The smallest absolute Gasteiger partial charge is 0.292 e. The van der Waals surface area contributed by atoms with Crippen molar-refractivity contribution in [2.45, 2.75) is 25.7 Å². The first-order valence-electron chi connectivity index (χ1n) is 8.21. The number of aromatic nitrogens is 1. The molecule has 3 N–H and O–H groups in total. The normalized spacial score (nSPS) is 11.1. The van der Waals surface area contributed by atoms with E-state index < -0.39 is 0 Å². The number of hydrogen-bond donors (Lipinski definition) is 2. The summed E-state index contributed by atoms with van der Waals surface area (Å²) in [5.41, 5.74) is 9.81. The van der Waals surface area contributed by atoms with Crippen molar-refractivity contribution in [1.82, 2.24) is 10.3 Å². The molecule has 3 rings (SSSR count). The second-order valence-corrected chi connectivity index (χ2v) is 5.80. The van der Waals surface area contributed by atoms with Gasteiger partial charge in [0.1, 0.15) is 5.52 Å². The minimum absolute atomic E-state index is 0.230. The van der Waals surface area contributed by atoms with Crippen molar-refractivity contribution in [3.8, 4) is 0 Å². The number of nitrogens with two attached hydrogens (primary N) is 1. The number of anilines is 1. The molecule has 120 valence electrons. The molecule has 0 aliphatic rings. The zero-order valence-corrected chi connectivity index (χ0v) is 13.3. The molecule has 0 radical (unpaired) electrons. The second kappa shape index (κ2) is 7.79. The Kier molecular flexibility index (Phi) is 5.27. The van der Waals surface area contributed by atoms with Crippen molar-refractivity contribution in [3.05, 3.63) is 59.7 Å². The van der Waals surface area contributed by atoms with E-state index >= 15 is 0 Å². The number of hydrogen-bond acceptors (Lipinski definition) is 4. The quantitative estimate of drug-likeness (QED) is 0.624. The summed E-state index contributed by atoms with van der Waals surface area (Å²) in [6.45, 7) is 2.03. The number of fused-ring (bicyclic) bond motifs is 1. The number of oxazole rings is 1. The van der Waals surface area contributed by atoms with Crippen molar-refractivity contribution in [2.75, 3.05) is 18.8 Å². The van der Waals surface area contributed by atoms with E-state index in [0.29, 0.717) is 0 Å². The Hall–Kier alpha value is -2.33. The lowest BCUT2D eigenvalue weighted by Gasteiger charge is -2.05. The molecule has 2 aromatic carbocycles. The molecule has 23 heavy (non-hydrogen) atoms. The van der Waals surface area contributed by atoms with Crippen LogP contribution in [0.4, 0.5) is 6.01 Å². The third kappa shape index (κ3) is 4.57. The van der Waals surface area contributed by atoms with E-state index in [9.17, 15) is 0 Å². The summed E-state index contributed by atoms with van der Waals surface area (Å²) >= 11 is 0. The summed E-state index contributed by atoms with van der Waals surface area (Å²) in [4.78, 5) is 4.10. The van der Waals surface area contributed by atoms with Crippen molar-refractivity contribution >= 4 is 17.1 Å². The monoisotopic (exact) mass is 309 g/mol. The fourth-order valence-corrected chi connectivity index (χ4v) is 2.72. The van der Waals surface area contributed by atoms with Crippen LogP contribution in [0.5, 0.6) is 0 Å². The lowest BCUT2D eigenvalue weighted by Crippen LogP contribution is -2.18. The zero-order chi connectivity index (χ0) is 15.9. The molecule has 0 atom stereocenters. The van der Waals surface area contributed by atoms with Gasteiger partial charge in [-0.25, -0.2) is 0 Å². The average Bonchev–Trinajstić information content (AvgIpc) is 2.94. The van der Waals surface area contributed by atoms with Crippen LogP contribution in [0.15, 0.2) is 52.9 Å². The van der Waals surface area contributed by atoms with E-state index in [1.54, 1.807) is 0 Å². The van der Waals surface area contributed by atoms with Gasteiger partial charge < -0.3 is 15.5 Å². The molecule has 0 bridgehead atoms. The first kappa shape index (κ1) is 15.6. The predicted molar refractivity (Wildman–Crippen MR) is 94.4 cm³/mol. The maximum Gasteiger partial charge on any atom is 0.292 e. The van der Waals surface area contributed by atoms with Crippen LogP contribution in [0.1, 0.15) is 24.0 Å². The summed E-state index contributed by atoms with van der Waals surface area (Å²) in [6.07, 6.45) is 4.56. The van der Waals surface area contributed by atoms with E-state index in [-0.39, 0.29) is 6.01 Å². The fraction of sp³-hybridized carbons (Fsp3) is 0.316. The van der Waals surface area contributed by atoms with Crippen LogP contribution in [0.3, 0.4) is 0 Å². The third-order valence-corrected chi connectivity index (χ3v) is 3.97. The average molecular weight is 309 g/mol. The largest absolute Gasteiger partial charge is 0.424 e. The van der Waals surface area contributed by atoms with E-state index in [1.807, 2.05) is 12.1 Å². The number of aryl methyl sites for hydroxylation is 1. The lowest BCUT2D eigenvalue weighted by molar-refractivity contribution is 0.618. The maximum absolute atomic E-state index is 5.56. The van der Waals surface area contributed by atoms with Gasteiger partial charge in [-0.15, -0.1) is 0 Å². The van der Waals surface area contributed by atoms with Gasteiger partial charge in [-0.2, -0.15) is 4.98 Å². The number of unbranched alkanes of at least 4 members (excludes halogenated alkanes) is 1. The summed E-state index contributed by atoms with van der Waals surface area (Å²) < 4.78 is 5.36. The Balaban J connectivity index is 1.33. The summed E-state index contributed by atoms with van der Waals surface area (Å²) in [6, 6.07) is 17.0. The molecule has 0 saturated heterocycles. The van der Waals surface area contributed by atoms with Crippen LogP contribution in [0.2, 0.25) is 0 Å². The van der Waals surface area contributed by atoms with Gasteiger partial charge in [-0.3, -0.25) is 0 Å². The van der Waals surface area contributed by atoms with Gasteiger partial charge in [0.05, 0.1) is 0 Å². The Labute approximate surface area is 136 Å². The topological polar surface area (TPSA) is 64.1 Å². The van der Waals surface area contributed by atoms with Gasteiger partial charge in [0.15, 0.2) is 5.58 Å². The molecule has 1 heterocycles. The Bertz CT molecular complexity index is 737. The molecule has 0 fully saturated rings. The molecular formula is C19H23N3O. The number of nitrogens with zero attached hydrogens (tertiary/aromatic N) is 1. The molecular weight excluding hydrogens is 286 g/mol.